The van der Waals surface area contributed by atoms with Crippen LogP contribution in [0.4, 0.5) is 4.39 Å². The molecule has 0 aliphatic carbocycles. The van der Waals surface area contributed by atoms with E-state index >= 15 is 0 Å². The molecule has 3 heteroatoms. The third-order valence-corrected chi connectivity index (χ3v) is 2.97. The number of hydrogen-bond acceptors (Lipinski definition) is 2. The van der Waals surface area contributed by atoms with Crippen molar-refractivity contribution < 1.29 is 9.13 Å². The molecule has 0 aliphatic heterocycles. The molecule has 0 aliphatic rings. The van der Waals surface area contributed by atoms with Gasteiger partial charge in [-0.15, -0.1) is 0 Å². The van der Waals surface area contributed by atoms with Crippen LogP contribution in [0.15, 0.2) is 36.2 Å². The monoisotopic (exact) mass is 261 g/mol. The van der Waals surface area contributed by atoms with Crippen molar-refractivity contribution in [2.24, 2.45) is 0 Å². The van der Waals surface area contributed by atoms with Gasteiger partial charge in [0.1, 0.15) is 0 Å². The van der Waals surface area contributed by atoms with Crippen molar-refractivity contribution in [1.29, 1.82) is 5.26 Å². The molecule has 2 nitrogen and oxygen atoms in total. The van der Waals surface area contributed by atoms with E-state index in [4.69, 9.17) is 10.00 Å². The molecule has 1 aromatic rings. The fourth-order valence-electron chi connectivity index (χ4n) is 1.90. The second-order valence-corrected chi connectivity index (χ2v) is 4.52. The molecule has 2 unspecified atom stereocenters. The molecule has 1 rings (SSSR count). The minimum absolute atomic E-state index is 0.0626. The quantitative estimate of drug-likeness (QED) is 0.745. The second kappa shape index (κ2) is 7.70. The van der Waals surface area contributed by atoms with Crippen molar-refractivity contribution in [3.63, 3.8) is 0 Å². The molecule has 0 fully saturated rings. The fraction of sp³-hybridized carbons (Fsp3) is 0.438. The lowest BCUT2D eigenvalue weighted by molar-refractivity contribution is -0.00731. The highest BCUT2D eigenvalue weighted by molar-refractivity contribution is 5.32. The molecule has 0 aromatic heterocycles. The summed E-state index contributed by atoms with van der Waals surface area (Å²) in [5.74, 6) is -0.151. The van der Waals surface area contributed by atoms with Crippen molar-refractivity contribution in [3.05, 3.63) is 47.3 Å². The Bertz CT molecular complexity index is 459. The lowest BCUT2D eigenvalue weighted by Gasteiger charge is -2.21. The van der Waals surface area contributed by atoms with Gasteiger partial charge in [0.15, 0.2) is 0 Å². The normalized spacial score (nSPS) is 14.8. The van der Waals surface area contributed by atoms with Crippen molar-refractivity contribution in [1.82, 2.24) is 0 Å². The van der Waals surface area contributed by atoms with Gasteiger partial charge < -0.3 is 4.74 Å². The first kappa shape index (κ1) is 15.4. The van der Waals surface area contributed by atoms with Crippen LogP contribution in [0, 0.1) is 11.3 Å². The Hall–Kier alpha value is -1.66. The largest absolute Gasteiger partial charge is 0.370 e. The third-order valence-electron chi connectivity index (χ3n) is 2.97. The van der Waals surface area contributed by atoms with Crippen LogP contribution >= 0.6 is 0 Å². The first-order valence-electron chi connectivity index (χ1n) is 6.56. The SMILES string of the molecule is CC=C(F)CC(C)OC(CC)c1ccc(C#N)cc1. The Balaban J connectivity index is 2.69. The number of nitrogens with zero attached hydrogens (tertiary/aromatic N) is 1. The van der Waals surface area contributed by atoms with Gasteiger partial charge >= 0.3 is 0 Å². The molecule has 102 valence electrons. The number of hydrogen-bond donors (Lipinski definition) is 0. The molecule has 0 radical (unpaired) electrons. The van der Waals surface area contributed by atoms with Gasteiger partial charge in [0, 0.05) is 6.42 Å². The summed E-state index contributed by atoms with van der Waals surface area (Å²) < 4.78 is 19.1. The number of nitriles is 1. The summed E-state index contributed by atoms with van der Waals surface area (Å²) in [6.45, 7) is 5.58. The van der Waals surface area contributed by atoms with Crippen molar-refractivity contribution in [2.45, 2.75) is 45.8 Å². The molecular weight excluding hydrogens is 241 g/mol. The number of rotatable bonds is 6. The maximum Gasteiger partial charge on any atom is 0.0991 e. The van der Waals surface area contributed by atoms with E-state index < -0.39 is 0 Å². The minimum atomic E-state index is -0.170. The predicted octanol–water partition coefficient (Wildman–Crippen LogP) is 4.68. The van der Waals surface area contributed by atoms with Gasteiger partial charge in [-0.05, 0) is 38.0 Å². The van der Waals surface area contributed by atoms with Crippen molar-refractivity contribution in [3.8, 4) is 6.07 Å². The molecule has 0 saturated heterocycles. The van der Waals surface area contributed by atoms with Crippen LogP contribution in [0.25, 0.3) is 0 Å². The van der Waals surface area contributed by atoms with Gasteiger partial charge in [-0.25, -0.2) is 4.39 Å². The van der Waals surface area contributed by atoms with E-state index in [1.165, 1.54) is 6.08 Å². The zero-order chi connectivity index (χ0) is 14.3. The van der Waals surface area contributed by atoms with Gasteiger partial charge in [-0.2, -0.15) is 5.26 Å². The zero-order valence-electron chi connectivity index (χ0n) is 11.7. The Morgan fingerprint density at radius 2 is 2.05 bits per heavy atom. The van der Waals surface area contributed by atoms with Crippen molar-refractivity contribution >= 4 is 0 Å². The summed E-state index contributed by atoms with van der Waals surface area (Å²) in [5, 5.41) is 8.77. The Morgan fingerprint density at radius 1 is 1.42 bits per heavy atom. The van der Waals surface area contributed by atoms with Crippen LogP contribution < -0.4 is 0 Å². The van der Waals surface area contributed by atoms with E-state index in [2.05, 4.69) is 6.07 Å². The van der Waals surface area contributed by atoms with E-state index in [1.807, 2.05) is 26.0 Å². The summed E-state index contributed by atoms with van der Waals surface area (Å²) in [7, 11) is 0. The summed E-state index contributed by atoms with van der Waals surface area (Å²) in [6, 6.07) is 9.43. The lowest BCUT2D eigenvalue weighted by Crippen LogP contribution is -2.13. The van der Waals surface area contributed by atoms with E-state index in [-0.39, 0.29) is 18.0 Å². The molecule has 1 aromatic carbocycles. The van der Waals surface area contributed by atoms with E-state index in [9.17, 15) is 4.39 Å². The van der Waals surface area contributed by atoms with Crippen LogP contribution in [0.5, 0.6) is 0 Å². The minimum Gasteiger partial charge on any atom is -0.370 e. The number of halogens is 1. The highest BCUT2D eigenvalue weighted by Gasteiger charge is 2.15. The Morgan fingerprint density at radius 3 is 2.53 bits per heavy atom. The third kappa shape index (κ3) is 4.84. The molecule has 0 amide bonds. The molecule has 0 heterocycles. The lowest BCUT2D eigenvalue weighted by atomic mass is 10.0. The summed E-state index contributed by atoms with van der Waals surface area (Å²) in [6.07, 6.45) is 2.34. The Labute approximate surface area is 114 Å². The summed E-state index contributed by atoms with van der Waals surface area (Å²) in [5.41, 5.74) is 1.65. The average Bonchev–Trinajstić information content (AvgIpc) is 2.44. The van der Waals surface area contributed by atoms with Crippen LogP contribution in [-0.4, -0.2) is 6.10 Å². The highest BCUT2D eigenvalue weighted by Crippen LogP contribution is 2.25. The first-order chi connectivity index (χ1) is 9.10. The highest BCUT2D eigenvalue weighted by atomic mass is 19.1. The van der Waals surface area contributed by atoms with Gasteiger partial charge in [0.2, 0.25) is 0 Å². The maximum atomic E-state index is 13.2. The fourth-order valence-corrected chi connectivity index (χ4v) is 1.90. The maximum absolute atomic E-state index is 13.2. The topological polar surface area (TPSA) is 33.0 Å². The van der Waals surface area contributed by atoms with Crippen LogP contribution in [0.2, 0.25) is 0 Å². The van der Waals surface area contributed by atoms with E-state index in [0.29, 0.717) is 12.0 Å². The number of benzene rings is 1. The molecule has 19 heavy (non-hydrogen) atoms. The average molecular weight is 261 g/mol. The number of allylic oxidation sites excluding steroid dienone is 1. The van der Waals surface area contributed by atoms with Gasteiger partial charge in [-0.1, -0.05) is 25.1 Å². The molecule has 0 saturated carbocycles. The van der Waals surface area contributed by atoms with Crippen LogP contribution in [0.3, 0.4) is 0 Å². The van der Waals surface area contributed by atoms with Gasteiger partial charge in [0.05, 0.1) is 29.7 Å². The Kier molecular flexibility index (Phi) is 6.24. The standard InChI is InChI=1S/C16H20FNO/c1-4-15(17)10-12(3)19-16(5-2)14-8-6-13(11-18)7-9-14/h4,6-9,12,16H,5,10H2,1-3H3. The van der Waals surface area contributed by atoms with E-state index in [0.717, 1.165) is 12.0 Å². The predicted molar refractivity (Wildman–Crippen MR) is 74.2 cm³/mol. The smallest absolute Gasteiger partial charge is 0.0991 e. The van der Waals surface area contributed by atoms with Crippen LogP contribution in [0.1, 0.15) is 50.8 Å². The van der Waals surface area contributed by atoms with Crippen LogP contribution in [-0.2, 0) is 4.74 Å². The molecule has 2 atom stereocenters. The van der Waals surface area contributed by atoms with E-state index in [1.54, 1.807) is 19.1 Å². The molecule has 0 bridgehead atoms. The molecule has 0 N–H and O–H groups in total. The molecular formula is C16H20FNO. The van der Waals surface area contributed by atoms with Crippen molar-refractivity contribution in [2.75, 3.05) is 0 Å². The van der Waals surface area contributed by atoms with Gasteiger partial charge in [0.25, 0.3) is 0 Å². The second-order valence-electron chi connectivity index (χ2n) is 4.52. The number of ether oxygens (including phenoxy) is 1. The van der Waals surface area contributed by atoms with Gasteiger partial charge in [-0.3, -0.25) is 0 Å². The molecule has 0 spiro atoms. The summed E-state index contributed by atoms with van der Waals surface area (Å²) in [4.78, 5) is 0. The first-order valence-corrected chi connectivity index (χ1v) is 6.56. The summed E-state index contributed by atoms with van der Waals surface area (Å²) >= 11 is 0. The zero-order valence-corrected chi connectivity index (χ0v) is 11.7.